The molecule has 0 aromatic heterocycles. The summed E-state index contributed by atoms with van der Waals surface area (Å²) in [5, 5.41) is 3.38. The first-order chi connectivity index (χ1) is 7.75. The number of ether oxygens (including phenoxy) is 1. The molecule has 1 saturated heterocycles. The Balaban J connectivity index is 1.80. The zero-order valence-corrected chi connectivity index (χ0v) is 9.63. The smallest absolute Gasteiger partial charge is 0.123 e. The summed E-state index contributed by atoms with van der Waals surface area (Å²) in [6.45, 7) is 4.33. The van der Waals surface area contributed by atoms with Crippen LogP contribution in [0.5, 0.6) is 0 Å². The van der Waals surface area contributed by atoms with Gasteiger partial charge < -0.3 is 10.1 Å². The number of nitrogens with one attached hydrogen (secondary N) is 1. The molecule has 1 aliphatic heterocycles. The standard InChI is InChI=1S/C13H18FNO/c1-10-7-12(14)5-4-11(10)8-16-9-13-3-2-6-15-13/h4-5,7,13,15H,2-3,6,8-9H2,1H3. The molecule has 1 fully saturated rings. The van der Waals surface area contributed by atoms with E-state index in [0.29, 0.717) is 12.6 Å². The lowest BCUT2D eigenvalue weighted by molar-refractivity contribution is 0.103. The molecule has 0 amide bonds. The fourth-order valence-corrected chi connectivity index (χ4v) is 2.03. The largest absolute Gasteiger partial charge is 0.375 e. The highest BCUT2D eigenvalue weighted by Crippen LogP contribution is 2.12. The minimum absolute atomic E-state index is 0.182. The molecule has 0 spiro atoms. The fourth-order valence-electron chi connectivity index (χ4n) is 2.03. The van der Waals surface area contributed by atoms with Gasteiger partial charge in [-0.15, -0.1) is 0 Å². The summed E-state index contributed by atoms with van der Waals surface area (Å²) in [6.07, 6.45) is 2.44. The molecule has 0 bridgehead atoms. The van der Waals surface area contributed by atoms with Gasteiger partial charge in [-0.2, -0.15) is 0 Å². The summed E-state index contributed by atoms with van der Waals surface area (Å²) in [5.74, 6) is -0.182. The molecule has 1 aliphatic rings. The Morgan fingerprint density at radius 2 is 2.38 bits per heavy atom. The molecule has 1 N–H and O–H groups in total. The Morgan fingerprint density at radius 1 is 1.50 bits per heavy atom. The minimum atomic E-state index is -0.182. The van der Waals surface area contributed by atoms with Crippen LogP contribution in [0.25, 0.3) is 0 Å². The summed E-state index contributed by atoms with van der Waals surface area (Å²) in [4.78, 5) is 0. The quantitative estimate of drug-likeness (QED) is 0.846. The van der Waals surface area contributed by atoms with Crippen molar-refractivity contribution in [1.29, 1.82) is 0 Å². The molecule has 16 heavy (non-hydrogen) atoms. The van der Waals surface area contributed by atoms with Crippen LogP contribution < -0.4 is 5.32 Å². The lowest BCUT2D eigenvalue weighted by atomic mass is 10.1. The highest BCUT2D eigenvalue weighted by Gasteiger charge is 2.13. The predicted octanol–water partition coefficient (Wildman–Crippen LogP) is 2.40. The molecule has 2 nitrogen and oxygen atoms in total. The highest BCUT2D eigenvalue weighted by atomic mass is 19.1. The molecule has 3 heteroatoms. The lowest BCUT2D eigenvalue weighted by Crippen LogP contribution is -2.26. The van der Waals surface area contributed by atoms with Gasteiger partial charge in [0.1, 0.15) is 5.82 Å². The Kier molecular flexibility index (Phi) is 3.91. The van der Waals surface area contributed by atoms with Crippen LogP contribution in [0.1, 0.15) is 24.0 Å². The van der Waals surface area contributed by atoms with Gasteiger partial charge in [-0.3, -0.25) is 0 Å². The summed E-state index contributed by atoms with van der Waals surface area (Å²) < 4.78 is 18.5. The third-order valence-corrected chi connectivity index (χ3v) is 3.04. The van der Waals surface area contributed by atoms with E-state index in [2.05, 4.69) is 5.32 Å². The molecule has 0 radical (unpaired) electrons. The molecular formula is C13H18FNO. The normalized spacial score (nSPS) is 20.2. The van der Waals surface area contributed by atoms with Crippen molar-refractivity contribution in [2.24, 2.45) is 0 Å². The second-order valence-corrected chi connectivity index (χ2v) is 4.38. The van der Waals surface area contributed by atoms with E-state index in [1.807, 2.05) is 6.92 Å². The molecule has 1 atom stereocenters. The van der Waals surface area contributed by atoms with Crippen LogP contribution in [0.2, 0.25) is 0 Å². The maximum atomic E-state index is 12.9. The van der Waals surface area contributed by atoms with E-state index >= 15 is 0 Å². The van der Waals surface area contributed by atoms with Gasteiger partial charge >= 0.3 is 0 Å². The Hall–Kier alpha value is -0.930. The average molecular weight is 223 g/mol. The Bertz CT molecular complexity index is 348. The van der Waals surface area contributed by atoms with Gasteiger partial charge in [-0.25, -0.2) is 4.39 Å². The van der Waals surface area contributed by atoms with Crippen LogP contribution in [0.3, 0.4) is 0 Å². The third kappa shape index (κ3) is 3.03. The average Bonchev–Trinajstić information content (AvgIpc) is 2.74. The zero-order valence-electron chi connectivity index (χ0n) is 9.63. The number of rotatable bonds is 4. The monoisotopic (exact) mass is 223 g/mol. The van der Waals surface area contributed by atoms with Crippen molar-refractivity contribution in [2.75, 3.05) is 13.2 Å². The topological polar surface area (TPSA) is 21.3 Å². The maximum Gasteiger partial charge on any atom is 0.123 e. The first-order valence-electron chi connectivity index (χ1n) is 5.82. The van der Waals surface area contributed by atoms with Crippen molar-refractivity contribution >= 4 is 0 Å². The second-order valence-electron chi connectivity index (χ2n) is 4.38. The van der Waals surface area contributed by atoms with Crippen LogP contribution in [-0.4, -0.2) is 19.2 Å². The molecule has 1 heterocycles. The van der Waals surface area contributed by atoms with Crippen LogP contribution in [0.4, 0.5) is 4.39 Å². The summed E-state index contributed by atoms with van der Waals surface area (Å²) in [5.41, 5.74) is 2.03. The van der Waals surface area contributed by atoms with Crippen molar-refractivity contribution in [3.8, 4) is 0 Å². The first-order valence-corrected chi connectivity index (χ1v) is 5.82. The lowest BCUT2D eigenvalue weighted by Gasteiger charge is -2.12. The van der Waals surface area contributed by atoms with Gasteiger partial charge in [-0.05, 0) is 49.6 Å². The number of benzene rings is 1. The van der Waals surface area contributed by atoms with Gasteiger partial charge in [0, 0.05) is 6.04 Å². The molecule has 1 aromatic rings. The minimum Gasteiger partial charge on any atom is -0.375 e. The van der Waals surface area contributed by atoms with Gasteiger partial charge in [-0.1, -0.05) is 6.07 Å². The molecular weight excluding hydrogens is 205 g/mol. The zero-order chi connectivity index (χ0) is 11.4. The van der Waals surface area contributed by atoms with Crippen molar-refractivity contribution in [1.82, 2.24) is 5.32 Å². The van der Waals surface area contributed by atoms with Crippen molar-refractivity contribution in [3.05, 3.63) is 35.1 Å². The number of hydrogen-bond donors (Lipinski definition) is 1. The van der Waals surface area contributed by atoms with Crippen LogP contribution in [-0.2, 0) is 11.3 Å². The van der Waals surface area contributed by atoms with Crippen LogP contribution in [0, 0.1) is 12.7 Å². The third-order valence-electron chi connectivity index (χ3n) is 3.04. The number of aryl methyl sites for hydroxylation is 1. The summed E-state index contributed by atoms with van der Waals surface area (Å²) >= 11 is 0. The van der Waals surface area contributed by atoms with Crippen molar-refractivity contribution < 1.29 is 9.13 Å². The molecule has 1 unspecified atom stereocenters. The van der Waals surface area contributed by atoms with E-state index < -0.39 is 0 Å². The van der Waals surface area contributed by atoms with E-state index in [1.54, 1.807) is 12.1 Å². The van der Waals surface area contributed by atoms with Crippen LogP contribution >= 0.6 is 0 Å². The molecule has 0 aliphatic carbocycles. The van der Waals surface area contributed by atoms with E-state index in [4.69, 9.17) is 4.74 Å². The van der Waals surface area contributed by atoms with Crippen molar-refractivity contribution in [3.63, 3.8) is 0 Å². The first kappa shape index (κ1) is 11.6. The van der Waals surface area contributed by atoms with E-state index in [-0.39, 0.29) is 5.82 Å². The van der Waals surface area contributed by atoms with E-state index in [9.17, 15) is 4.39 Å². The maximum absolute atomic E-state index is 12.9. The summed E-state index contributed by atoms with van der Waals surface area (Å²) in [6, 6.07) is 5.33. The molecule has 88 valence electrons. The van der Waals surface area contributed by atoms with Gasteiger partial charge in [0.2, 0.25) is 0 Å². The van der Waals surface area contributed by atoms with Gasteiger partial charge in [0.15, 0.2) is 0 Å². The van der Waals surface area contributed by atoms with Crippen LogP contribution in [0.15, 0.2) is 18.2 Å². The van der Waals surface area contributed by atoms with Crippen molar-refractivity contribution in [2.45, 2.75) is 32.4 Å². The Morgan fingerprint density at radius 3 is 3.06 bits per heavy atom. The molecule has 1 aromatic carbocycles. The van der Waals surface area contributed by atoms with E-state index in [1.165, 1.54) is 18.9 Å². The second kappa shape index (κ2) is 5.41. The Labute approximate surface area is 95.8 Å². The fraction of sp³-hybridized carbons (Fsp3) is 0.538. The van der Waals surface area contributed by atoms with E-state index in [0.717, 1.165) is 24.3 Å². The number of halogens is 1. The summed E-state index contributed by atoms with van der Waals surface area (Å²) in [7, 11) is 0. The molecule has 0 saturated carbocycles. The van der Waals surface area contributed by atoms with Gasteiger partial charge in [0.05, 0.1) is 13.2 Å². The number of hydrogen-bond acceptors (Lipinski definition) is 2. The van der Waals surface area contributed by atoms with Gasteiger partial charge in [0.25, 0.3) is 0 Å². The highest BCUT2D eigenvalue weighted by molar-refractivity contribution is 5.25. The molecule has 2 rings (SSSR count). The SMILES string of the molecule is Cc1cc(F)ccc1COCC1CCCN1. The predicted molar refractivity (Wildman–Crippen MR) is 61.8 cm³/mol.